The second-order valence-corrected chi connectivity index (χ2v) is 4.26. The third-order valence-electron chi connectivity index (χ3n) is 2.84. The van der Waals surface area contributed by atoms with E-state index in [2.05, 4.69) is 0 Å². The molecule has 0 aliphatic rings. The summed E-state index contributed by atoms with van der Waals surface area (Å²) < 4.78 is 0. The Bertz CT molecular complexity index is 380. The molecule has 0 bridgehead atoms. The molecule has 0 aliphatic heterocycles. The van der Waals surface area contributed by atoms with Crippen molar-refractivity contribution in [2.24, 2.45) is 0 Å². The van der Waals surface area contributed by atoms with Crippen LogP contribution in [-0.4, -0.2) is 66.8 Å². The van der Waals surface area contributed by atoms with E-state index in [0.29, 0.717) is 0 Å². The van der Waals surface area contributed by atoms with Crippen molar-refractivity contribution in [2.75, 3.05) is 6.61 Å². The molecule has 0 radical (unpaired) electrons. The Kier molecular flexibility index (Phi) is 5.67. The lowest BCUT2D eigenvalue weighted by molar-refractivity contribution is -0.141. The first-order valence-corrected chi connectivity index (χ1v) is 5.68. The highest BCUT2D eigenvalue weighted by atomic mass is 16.4. The van der Waals surface area contributed by atoms with Crippen molar-refractivity contribution in [2.45, 2.75) is 30.5 Å². The van der Waals surface area contributed by atoms with E-state index >= 15 is 0 Å². The largest absolute Gasteiger partial charge is 0.508 e. The number of hydrogen-bond donors (Lipinski definition) is 7. The molecule has 19 heavy (non-hydrogen) atoms. The smallest absolute Gasteiger partial charge is 0.115 e. The van der Waals surface area contributed by atoms with Crippen LogP contribution in [0.15, 0.2) is 24.3 Å². The van der Waals surface area contributed by atoms with Gasteiger partial charge in [-0.25, -0.2) is 0 Å². The van der Waals surface area contributed by atoms with Crippen LogP contribution in [0.3, 0.4) is 0 Å². The van der Waals surface area contributed by atoms with Crippen molar-refractivity contribution >= 4 is 0 Å². The number of aromatic hydroxyl groups is 1. The molecule has 0 heterocycles. The van der Waals surface area contributed by atoms with Gasteiger partial charge in [0, 0.05) is 0 Å². The Labute approximate surface area is 109 Å². The van der Waals surface area contributed by atoms with Gasteiger partial charge in [-0.3, -0.25) is 0 Å². The van der Waals surface area contributed by atoms with E-state index in [9.17, 15) is 20.4 Å². The maximum atomic E-state index is 9.81. The number of phenolic OH excluding ortho intramolecular Hbond substituents is 1. The molecule has 7 nitrogen and oxygen atoms in total. The summed E-state index contributed by atoms with van der Waals surface area (Å²) in [5.41, 5.74) is 0.218. The van der Waals surface area contributed by atoms with E-state index in [-0.39, 0.29) is 11.3 Å². The van der Waals surface area contributed by atoms with Crippen LogP contribution in [-0.2, 0) is 0 Å². The van der Waals surface area contributed by atoms with Gasteiger partial charge in [0.25, 0.3) is 0 Å². The zero-order valence-electron chi connectivity index (χ0n) is 10.0. The van der Waals surface area contributed by atoms with Gasteiger partial charge in [-0.05, 0) is 17.7 Å². The molecule has 108 valence electrons. The van der Waals surface area contributed by atoms with Gasteiger partial charge < -0.3 is 35.7 Å². The molecular weight excluding hydrogens is 256 g/mol. The van der Waals surface area contributed by atoms with Crippen LogP contribution < -0.4 is 0 Å². The first kappa shape index (κ1) is 15.8. The molecule has 0 saturated carbocycles. The van der Waals surface area contributed by atoms with Crippen LogP contribution in [0.4, 0.5) is 0 Å². The number of aliphatic hydroxyl groups is 6. The van der Waals surface area contributed by atoms with Crippen molar-refractivity contribution in [1.82, 2.24) is 0 Å². The van der Waals surface area contributed by atoms with Crippen molar-refractivity contribution in [1.29, 1.82) is 0 Å². The second kappa shape index (κ2) is 6.80. The number of phenols is 1. The fourth-order valence-electron chi connectivity index (χ4n) is 1.59. The van der Waals surface area contributed by atoms with Gasteiger partial charge in [0.2, 0.25) is 0 Å². The van der Waals surface area contributed by atoms with Gasteiger partial charge in [-0.15, -0.1) is 0 Å². The molecule has 0 aromatic heterocycles. The SMILES string of the molecule is OC[C@@H](O)[C@@H](O)[C@H](O)[C@H](O)C(O)c1ccc(O)cc1. The average Bonchev–Trinajstić information content (AvgIpc) is 2.44. The first-order chi connectivity index (χ1) is 8.88. The number of aliphatic hydroxyl groups excluding tert-OH is 6. The van der Waals surface area contributed by atoms with Gasteiger partial charge in [0.15, 0.2) is 0 Å². The van der Waals surface area contributed by atoms with E-state index in [1.165, 1.54) is 24.3 Å². The van der Waals surface area contributed by atoms with E-state index in [0.717, 1.165) is 0 Å². The zero-order chi connectivity index (χ0) is 14.6. The molecule has 5 atom stereocenters. The summed E-state index contributed by atoms with van der Waals surface area (Å²) in [6, 6.07) is 5.25. The predicted molar refractivity (Wildman–Crippen MR) is 64.2 cm³/mol. The molecule has 0 fully saturated rings. The van der Waals surface area contributed by atoms with E-state index in [4.69, 9.17) is 15.3 Å². The lowest BCUT2D eigenvalue weighted by Crippen LogP contribution is -2.47. The molecule has 0 spiro atoms. The van der Waals surface area contributed by atoms with Crippen molar-refractivity contribution < 1.29 is 35.7 Å². The third-order valence-corrected chi connectivity index (χ3v) is 2.84. The lowest BCUT2D eigenvalue weighted by atomic mass is 9.95. The summed E-state index contributed by atoms with van der Waals surface area (Å²) in [5.74, 6) is -0.0262. The maximum absolute atomic E-state index is 9.81. The molecular formula is C12H18O7. The number of hydrogen-bond acceptors (Lipinski definition) is 7. The molecule has 1 unspecified atom stereocenters. The van der Waals surface area contributed by atoms with Crippen LogP contribution in [0, 0.1) is 0 Å². The Hall–Kier alpha value is -1.22. The Morgan fingerprint density at radius 3 is 1.79 bits per heavy atom. The fourth-order valence-corrected chi connectivity index (χ4v) is 1.59. The Morgan fingerprint density at radius 2 is 1.32 bits per heavy atom. The Morgan fingerprint density at radius 1 is 0.789 bits per heavy atom. The van der Waals surface area contributed by atoms with Crippen molar-refractivity contribution in [3.05, 3.63) is 29.8 Å². The summed E-state index contributed by atoms with van der Waals surface area (Å²) in [5, 5.41) is 65.4. The van der Waals surface area contributed by atoms with Crippen LogP contribution in [0.1, 0.15) is 11.7 Å². The van der Waals surface area contributed by atoms with Crippen LogP contribution in [0.2, 0.25) is 0 Å². The second-order valence-electron chi connectivity index (χ2n) is 4.26. The standard InChI is InChI=1S/C12H18O7/c13-5-8(15)10(17)12(19)11(18)9(16)6-1-3-7(14)4-2-6/h1-4,8-19H,5H2/t8-,9?,10-,11-,12+/m1/s1. The van der Waals surface area contributed by atoms with Gasteiger partial charge in [0.1, 0.15) is 36.3 Å². The van der Waals surface area contributed by atoms with Gasteiger partial charge >= 0.3 is 0 Å². The molecule has 1 aromatic carbocycles. The fraction of sp³-hybridized carbons (Fsp3) is 0.500. The number of rotatable bonds is 6. The summed E-state index contributed by atoms with van der Waals surface area (Å²) in [6.45, 7) is -0.791. The topological polar surface area (TPSA) is 142 Å². The Balaban J connectivity index is 2.75. The average molecular weight is 274 g/mol. The molecule has 7 heteroatoms. The molecule has 0 saturated heterocycles. The summed E-state index contributed by atoms with van der Waals surface area (Å²) in [6.07, 6.45) is -8.55. The molecule has 7 N–H and O–H groups in total. The minimum absolute atomic E-state index is 0.0262. The maximum Gasteiger partial charge on any atom is 0.115 e. The van der Waals surface area contributed by atoms with Crippen LogP contribution >= 0.6 is 0 Å². The monoisotopic (exact) mass is 274 g/mol. The van der Waals surface area contributed by atoms with E-state index in [1.807, 2.05) is 0 Å². The highest BCUT2D eigenvalue weighted by Crippen LogP contribution is 2.23. The zero-order valence-corrected chi connectivity index (χ0v) is 10.0. The quantitative estimate of drug-likeness (QED) is 0.314. The predicted octanol–water partition coefficient (Wildman–Crippen LogP) is -2.14. The van der Waals surface area contributed by atoms with E-state index in [1.54, 1.807) is 0 Å². The van der Waals surface area contributed by atoms with Gasteiger partial charge in [0.05, 0.1) is 6.61 Å². The lowest BCUT2D eigenvalue weighted by Gasteiger charge is -2.28. The van der Waals surface area contributed by atoms with Gasteiger partial charge in [-0.1, -0.05) is 12.1 Å². The summed E-state index contributed by atoms with van der Waals surface area (Å²) >= 11 is 0. The number of benzene rings is 1. The van der Waals surface area contributed by atoms with Gasteiger partial charge in [-0.2, -0.15) is 0 Å². The molecule has 1 rings (SSSR count). The third kappa shape index (κ3) is 3.87. The minimum Gasteiger partial charge on any atom is -0.508 e. The normalized spacial score (nSPS) is 19.5. The van der Waals surface area contributed by atoms with Crippen molar-refractivity contribution in [3.63, 3.8) is 0 Å². The highest BCUT2D eigenvalue weighted by Gasteiger charge is 2.34. The highest BCUT2D eigenvalue weighted by molar-refractivity contribution is 5.27. The van der Waals surface area contributed by atoms with Crippen LogP contribution in [0.25, 0.3) is 0 Å². The van der Waals surface area contributed by atoms with E-state index < -0.39 is 37.1 Å². The molecule has 1 aromatic rings. The molecule has 0 aliphatic carbocycles. The first-order valence-electron chi connectivity index (χ1n) is 5.68. The summed E-state index contributed by atoms with van der Waals surface area (Å²) in [4.78, 5) is 0. The summed E-state index contributed by atoms with van der Waals surface area (Å²) in [7, 11) is 0. The molecule has 0 amide bonds. The van der Waals surface area contributed by atoms with Crippen molar-refractivity contribution in [3.8, 4) is 5.75 Å². The minimum atomic E-state index is -1.84. The van der Waals surface area contributed by atoms with Crippen LogP contribution in [0.5, 0.6) is 5.75 Å².